The predicted octanol–water partition coefficient (Wildman–Crippen LogP) is 6.00. The second-order valence-electron chi connectivity index (χ2n) is 6.91. The fourth-order valence-corrected chi connectivity index (χ4v) is 3.91. The molecule has 2 aromatic rings. The summed E-state index contributed by atoms with van der Waals surface area (Å²) in [6, 6.07) is 12.8. The standard InChI is InChI=1S/C21H28N2/c1-2-3-5-8-17-11-13-19(14-12-17)21-20(15-16-22-23-21)18-9-6-4-7-10-18/h4,6-7,9-10,15-17,19H,2-3,5,8,11-14H2,1H3/t17-,19-. The Balaban J connectivity index is 1.67. The summed E-state index contributed by atoms with van der Waals surface area (Å²) >= 11 is 0. The van der Waals surface area contributed by atoms with E-state index in [0.29, 0.717) is 5.92 Å². The van der Waals surface area contributed by atoms with Crippen LogP contribution in [0.3, 0.4) is 0 Å². The van der Waals surface area contributed by atoms with E-state index >= 15 is 0 Å². The van der Waals surface area contributed by atoms with Crippen molar-refractivity contribution in [2.24, 2.45) is 5.92 Å². The molecular weight excluding hydrogens is 280 g/mol. The summed E-state index contributed by atoms with van der Waals surface area (Å²) in [4.78, 5) is 0. The van der Waals surface area contributed by atoms with Gasteiger partial charge in [0.1, 0.15) is 0 Å². The Bertz CT molecular complexity index is 586. The zero-order valence-corrected chi connectivity index (χ0v) is 14.2. The lowest BCUT2D eigenvalue weighted by Crippen LogP contribution is -2.15. The largest absolute Gasteiger partial charge is 0.159 e. The maximum atomic E-state index is 4.53. The molecule has 23 heavy (non-hydrogen) atoms. The zero-order valence-electron chi connectivity index (χ0n) is 14.2. The van der Waals surface area contributed by atoms with Gasteiger partial charge in [0.25, 0.3) is 0 Å². The number of aromatic nitrogens is 2. The SMILES string of the molecule is CCCCC[C@H]1CC[C@H](c2nnccc2-c2ccccc2)CC1. The minimum Gasteiger partial charge on any atom is -0.159 e. The van der Waals surface area contributed by atoms with Crippen LogP contribution < -0.4 is 0 Å². The third-order valence-corrected chi connectivity index (χ3v) is 5.28. The molecule has 2 nitrogen and oxygen atoms in total. The van der Waals surface area contributed by atoms with Crippen molar-refractivity contribution < 1.29 is 0 Å². The molecule has 1 aliphatic carbocycles. The normalized spacial score (nSPS) is 21.3. The Kier molecular flexibility index (Phi) is 5.79. The Labute approximate surface area is 140 Å². The lowest BCUT2D eigenvalue weighted by Gasteiger charge is -2.29. The van der Waals surface area contributed by atoms with Crippen LogP contribution in [0.2, 0.25) is 0 Å². The lowest BCUT2D eigenvalue weighted by atomic mass is 9.77. The molecule has 0 radical (unpaired) electrons. The van der Waals surface area contributed by atoms with Gasteiger partial charge in [-0.3, -0.25) is 0 Å². The van der Waals surface area contributed by atoms with E-state index in [1.54, 1.807) is 0 Å². The van der Waals surface area contributed by atoms with Crippen LogP contribution in [0.1, 0.15) is 69.9 Å². The highest BCUT2D eigenvalue weighted by Crippen LogP contribution is 2.39. The summed E-state index contributed by atoms with van der Waals surface area (Å²) in [7, 11) is 0. The first-order chi connectivity index (χ1) is 11.4. The Morgan fingerprint density at radius 3 is 2.48 bits per heavy atom. The van der Waals surface area contributed by atoms with Crippen LogP contribution in [0.25, 0.3) is 11.1 Å². The number of rotatable bonds is 6. The number of benzene rings is 1. The average Bonchev–Trinajstić information content (AvgIpc) is 2.63. The van der Waals surface area contributed by atoms with Crippen molar-refractivity contribution in [3.8, 4) is 11.1 Å². The van der Waals surface area contributed by atoms with Crippen LogP contribution in [-0.2, 0) is 0 Å². The molecule has 0 spiro atoms. The molecule has 1 fully saturated rings. The molecule has 0 atom stereocenters. The molecule has 1 aromatic carbocycles. The fraction of sp³-hybridized carbons (Fsp3) is 0.524. The molecule has 0 N–H and O–H groups in total. The summed E-state index contributed by atoms with van der Waals surface area (Å²) in [5.74, 6) is 1.52. The molecule has 0 bridgehead atoms. The van der Waals surface area contributed by atoms with Gasteiger partial charge in [-0.1, -0.05) is 62.9 Å². The van der Waals surface area contributed by atoms with E-state index in [4.69, 9.17) is 0 Å². The zero-order chi connectivity index (χ0) is 15.9. The van der Waals surface area contributed by atoms with Gasteiger partial charge in [-0.05, 0) is 43.2 Å². The monoisotopic (exact) mass is 308 g/mol. The molecular formula is C21H28N2. The van der Waals surface area contributed by atoms with E-state index < -0.39 is 0 Å². The third kappa shape index (κ3) is 4.19. The maximum Gasteiger partial charge on any atom is 0.0740 e. The van der Waals surface area contributed by atoms with Crippen molar-refractivity contribution >= 4 is 0 Å². The highest BCUT2D eigenvalue weighted by Gasteiger charge is 2.25. The first-order valence-electron chi connectivity index (χ1n) is 9.25. The van der Waals surface area contributed by atoms with Crippen LogP contribution in [0.15, 0.2) is 42.6 Å². The van der Waals surface area contributed by atoms with Crippen molar-refractivity contribution in [2.75, 3.05) is 0 Å². The Morgan fingerprint density at radius 1 is 0.957 bits per heavy atom. The first kappa shape index (κ1) is 16.2. The number of hydrogen-bond donors (Lipinski definition) is 0. The molecule has 1 aromatic heterocycles. The van der Waals surface area contributed by atoms with Crippen molar-refractivity contribution in [3.63, 3.8) is 0 Å². The number of nitrogens with zero attached hydrogens (tertiary/aromatic N) is 2. The van der Waals surface area contributed by atoms with Crippen LogP contribution >= 0.6 is 0 Å². The molecule has 0 amide bonds. The van der Waals surface area contributed by atoms with Gasteiger partial charge < -0.3 is 0 Å². The minimum atomic E-state index is 0.585. The van der Waals surface area contributed by atoms with Gasteiger partial charge in [-0.25, -0.2) is 0 Å². The molecule has 0 unspecified atom stereocenters. The van der Waals surface area contributed by atoms with E-state index in [1.807, 2.05) is 6.20 Å². The summed E-state index contributed by atoms with van der Waals surface area (Å²) in [5.41, 5.74) is 3.75. The molecule has 3 rings (SSSR count). The second-order valence-corrected chi connectivity index (χ2v) is 6.91. The lowest BCUT2D eigenvalue weighted by molar-refractivity contribution is 0.299. The average molecular weight is 308 g/mol. The van der Waals surface area contributed by atoms with Crippen molar-refractivity contribution in [3.05, 3.63) is 48.3 Å². The smallest absolute Gasteiger partial charge is 0.0740 e. The Hall–Kier alpha value is -1.70. The molecule has 1 aliphatic rings. The second kappa shape index (κ2) is 8.24. The number of unbranched alkanes of at least 4 members (excludes halogenated alkanes) is 2. The van der Waals surface area contributed by atoms with E-state index in [0.717, 1.165) is 5.92 Å². The van der Waals surface area contributed by atoms with Gasteiger partial charge >= 0.3 is 0 Å². The highest BCUT2D eigenvalue weighted by atomic mass is 15.1. The van der Waals surface area contributed by atoms with Crippen molar-refractivity contribution in [2.45, 2.75) is 64.2 Å². The van der Waals surface area contributed by atoms with Crippen LogP contribution in [0.4, 0.5) is 0 Å². The van der Waals surface area contributed by atoms with Gasteiger partial charge in [0.15, 0.2) is 0 Å². The summed E-state index contributed by atoms with van der Waals surface area (Å²) in [6.07, 6.45) is 12.6. The maximum absolute atomic E-state index is 4.53. The first-order valence-corrected chi connectivity index (χ1v) is 9.25. The summed E-state index contributed by atoms with van der Waals surface area (Å²) < 4.78 is 0. The van der Waals surface area contributed by atoms with Gasteiger partial charge in [-0.15, -0.1) is 0 Å². The quantitative estimate of drug-likeness (QED) is 0.612. The van der Waals surface area contributed by atoms with Crippen LogP contribution in [-0.4, -0.2) is 10.2 Å². The minimum absolute atomic E-state index is 0.585. The highest BCUT2D eigenvalue weighted by molar-refractivity contribution is 5.65. The molecule has 1 saturated carbocycles. The fourth-order valence-electron chi connectivity index (χ4n) is 3.91. The summed E-state index contributed by atoms with van der Waals surface area (Å²) in [5, 5.41) is 8.70. The van der Waals surface area contributed by atoms with Crippen molar-refractivity contribution in [1.82, 2.24) is 10.2 Å². The predicted molar refractivity (Wildman–Crippen MR) is 96.3 cm³/mol. The van der Waals surface area contributed by atoms with Gasteiger partial charge in [-0.2, -0.15) is 10.2 Å². The molecule has 0 saturated heterocycles. The molecule has 122 valence electrons. The van der Waals surface area contributed by atoms with E-state index in [1.165, 1.54) is 68.2 Å². The molecule has 2 heteroatoms. The molecule has 0 aliphatic heterocycles. The molecule has 1 heterocycles. The number of hydrogen-bond acceptors (Lipinski definition) is 2. The van der Waals surface area contributed by atoms with E-state index in [2.05, 4.69) is 53.5 Å². The van der Waals surface area contributed by atoms with Crippen molar-refractivity contribution in [1.29, 1.82) is 0 Å². The van der Waals surface area contributed by atoms with Gasteiger partial charge in [0.05, 0.1) is 11.9 Å². The topological polar surface area (TPSA) is 25.8 Å². The van der Waals surface area contributed by atoms with E-state index in [9.17, 15) is 0 Å². The van der Waals surface area contributed by atoms with Gasteiger partial charge in [0, 0.05) is 11.5 Å². The van der Waals surface area contributed by atoms with Crippen LogP contribution in [0, 0.1) is 5.92 Å². The Morgan fingerprint density at radius 2 is 1.74 bits per heavy atom. The van der Waals surface area contributed by atoms with Crippen LogP contribution in [0.5, 0.6) is 0 Å². The van der Waals surface area contributed by atoms with Gasteiger partial charge in [0.2, 0.25) is 0 Å². The summed E-state index contributed by atoms with van der Waals surface area (Å²) in [6.45, 7) is 2.29. The third-order valence-electron chi connectivity index (χ3n) is 5.28. The van der Waals surface area contributed by atoms with E-state index in [-0.39, 0.29) is 0 Å².